The zero-order valence-corrected chi connectivity index (χ0v) is 16.9. The predicted octanol–water partition coefficient (Wildman–Crippen LogP) is 2.79. The zero-order chi connectivity index (χ0) is 22.2. The number of aromatic nitrogens is 4. The molecule has 0 bridgehead atoms. The summed E-state index contributed by atoms with van der Waals surface area (Å²) in [4.78, 5) is 42.4. The Kier molecular flexibility index (Phi) is 4.63. The van der Waals surface area contributed by atoms with Crippen molar-refractivity contribution in [3.63, 3.8) is 0 Å². The van der Waals surface area contributed by atoms with Crippen LogP contribution in [0.25, 0.3) is 33.1 Å². The lowest BCUT2D eigenvalue weighted by Gasteiger charge is -2.05. The standard InChI is InChI=1S/C23H16N4O5/c1-27-20-18(21(28)25-23(27)30)9-16(11-24-20)22(29)31-12-17-10-19(32-26-17)15-7-6-13-4-2-3-5-14(13)8-15/h2-11H,12H2,1H3,(H,25,28,30). The van der Waals surface area contributed by atoms with Gasteiger partial charge < -0.3 is 9.26 Å². The lowest BCUT2D eigenvalue weighted by Crippen LogP contribution is -2.29. The monoisotopic (exact) mass is 428 g/mol. The number of pyridine rings is 1. The van der Waals surface area contributed by atoms with Crippen molar-refractivity contribution >= 4 is 27.8 Å². The fourth-order valence-corrected chi connectivity index (χ4v) is 3.43. The molecule has 2 aromatic carbocycles. The molecule has 0 atom stereocenters. The van der Waals surface area contributed by atoms with E-state index in [1.807, 2.05) is 42.5 Å². The number of carbonyl (C=O) groups is 1. The molecule has 0 amide bonds. The molecule has 0 spiro atoms. The fraction of sp³-hybridized carbons (Fsp3) is 0.0870. The van der Waals surface area contributed by atoms with Gasteiger partial charge in [-0.15, -0.1) is 0 Å². The Balaban J connectivity index is 1.34. The first-order valence-corrected chi connectivity index (χ1v) is 9.70. The number of rotatable bonds is 4. The first-order valence-electron chi connectivity index (χ1n) is 9.70. The van der Waals surface area contributed by atoms with E-state index in [1.54, 1.807) is 6.07 Å². The molecule has 32 heavy (non-hydrogen) atoms. The largest absolute Gasteiger partial charge is 0.455 e. The average molecular weight is 428 g/mol. The Labute approximate surface area is 179 Å². The highest BCUT2D eigenvalue weighted by Gasteiger charge is 2.15. The quantitative estimate of drug-likeness (QED) is 0.437. The maximum atomic E-state index is 12.4. The Morgan fingerprint density at radius 1 is 1.09 bits per heavy atom. The number of hydrogen-bond donors (Lipinski definition) is 1. The van der Waals surface area contributed by atoms with Gasteiger partial charge in [0.25, 0.3) is 5.56 Å². The highest BCUT2D eigenvalue weighted by atomic mass is 16.5. The van der Waals surface area contributed by atoms with E-state index in [-0.39, 0.29) is 23.2 Å². The second kappa shape index (κ2) is 7.62. The van der Waals surface area contributed by atoms with Gasteiger partial charge in [-0.25, -0.2) is 14.6 Å². The van der Waals surface area contributed by atoms with Crippen molar-refractivity contribution in [2.45, 2.75) is 6.61 Å². The molecule has 0 saturated carbocycles. The van der Waals surface area contributed by atoms with Gasteiger partial charge in [0.1, 0.15) is 17.9 Å². The van der Waals surface area contributed by atoms with Crippen molar-refractivity contribution in [2.75, 3.05) is 0 Å². The molecule has 3 aromatic heterocycles. The number of carbonyl (C=O) groups excluding carboxylic acids is 1. The summed E-state index contributed by atoms with van der Waals surface area (Å²) in [7, 11) is 1.48. The highest BCUT2D eigenvalue weighted by molar-refractivity contribution is 5.92. The van der Waals surface area contributed by atoms with Gasteiger partial charge in [-0.2, -0.15) is 0 Å². The number of aromatic amines is 1. The van der Waals surface area contributed by atoms with Gasteiger partial charge in [0, 0.05) is 24.9 Å². The van der Waals surface area contributed by atoms with Crippen LogP contribution in [0, 0.1) is 0 Å². The van der Waals surface area contributed by atoms with Gasteiger partial charge in [-0.05, 0) is 22.9 Å². The molecule has 0 saturated heterocycles. The molecule has 158 valence electrons. The SMILES string of the molecule is Cn1c(=O)[nH]c(=O)c2cc(C(=O)OCc3cc(-c4ccc5ccccc5c4)on3)cnc21. The molecule has 0 radical (unpaired) electrons. The summed E-state index contributed by atoms with van der Waals surface area (Å²) in [6, 6.07) is 17.0. The smallest absolute Gasteiger partial charge is 0.340 e. The number of fused-ring (bicyclic) bond motifs is 2. The van der Waals surface area contributed by atoms with E-state index in [4.69, 9.17) is 9.26 Å². The summed E-state index contributed by atoms with van der Waals surface area (Å²) >= 11 is 0. The molecule has 3 heterocycles. The van der Waals surface area contributed by atoms with Gasteiger partial charge in [-0.1, -0.05) is 41.6 Å². The van der Waals surface area contributed by atoms with Crippen LogP contribution in [0.3, 0.4) is 0 Å². The Morgan fingerprint density at radius 3 is 2.75 bits per heavy atom. The van der Waals surface area contributed by atoms with E-state index in [0.29, 0.717) is 11.5 Å². The molecule has 9 heteroatoms. The minimum absolute atomic E-state index is 0.0832. The van der Waals surface area contributed by atoms with Crippen molar-refractivity contribution in [3.05, 3.63) is 92.9 Å². The molecule has 5 aromatic rings. The van der Waals surface area contributed by atoms with Gasteiger partial charge in [0.15, 0.2) is 5.76 Å². The second-order valence-corrected chi connectivity index (χ2v) is 7.23. The lowest BCUT2D eigenvalue weighted by molar-refractivity contribution is 0.0464. The van der Waals surface area contributed by atoms with Crippen LogP contribution in [0.5, 0.6) is 0 Å². The molecular formula is C23H16N4O5. The average Bonchev–Trinajstić information content (AvgIpc) is 3.29. The number of ether oxygens (including phenoxy) is 1. The second-order valence-electron chi connectivity index (χ2n) is 7.23. The van der Waals surface area contributed by atoms with Crippen LogP contribution >= 0.6 is 0 Å². The third-order valence-electron chi connectivity index (χ3n) is 5.13. The Morgan fingerprint density at radius 2 is 1.91 bits per heavy atom. The Hall–Kier alpha value is -4.53. The predicted molar refractivity (Wildman–Crippen MR) is 116 cm³/mol. The van der Waals surface area contributed by atoms with Crippen molar-refractivity contribution < 1.29 is 14.1 Å². The topological polar surface area (TPSA) is 120 Å². The zero-order valence-electron chi connectivity index (χ0n) is 16.9. The summed E-state index contributed by atoms with van der Waals surface area (Å²) < 4.78 is 11.9. The van der Waals surface area contributed by atoms with Crippen LogP contribution < -0.4 is 11.2 Å². The summed E-state index contributed by atoms with van der Waals surface area (Å²) in [5.41, 5.74) is 0.347. The van der Waals surface area contributed by atoms with Crippen molar-refractivity contribution in [3.8, 4) is 11.3 Å². The van der Waals surface area contributed by atoms with Gasteiger partial charge in [-0.3, -0.25) is 14.3 Å². The van der Waals surface area contributed by atoms with Crippen molar-refractivity contribution in [1.29, 1.82) is 0 Å². The molecular weight excluding hydrogens is 412 g/mol. The van der Waals surface area contributed by atoms with Gasteiger partial charge >= 0.3 is 11.7 Å². The number of benzene rings is 2. The first kappa shape index (κ1) is 19.4. The molecule has 0 aliphatic carbocycles. The minimum Gasteiger partial charge on any atom is -0.455 e. The maximum Gasteiger partial charge on any atom is 0.340 e. The van der Waals surface area contributed by atoms with Crippen LogP contribution in [0.4, 0.5) is 0 Å². The third-order valence-corrected chi connectivity index (χ3v) is 5.13. The normalized spacial score (nSPS) is 11.2. The molecule has 0 fully saturated rings. The maximum absolute atomic E-state index is 12.4. The van der Waals surface area contributed by atoms with E-state index in [9.17, 15) is 14.4 Å². The molecule has 0 unspecified atom stereocenters. The van der Waals surface area contributed by atoms with Crippen LogP contribution in [0.1, 0.15) is 16.1 Å². The molecule has 0 aliphatic rings. The summed E-state index contributed by atoms with van der Waals surface area (Å²) in [6.07, 6.45) is 1.26. The number of H-pyrrole nitrogens is 1. The van der Waals surface area contributed by atoms with E-state index in [0.717, 1.165) is 16.3 Å². The van der Waals surface area contributed by atoms with Crippen molar-refractivity contribution in [1.82, 2.24) is 19.7 Å². The molecule has 1 N–H and O–H groups in total. The van der Waals surface area contributed by atoms with Crippen LogP contribution in [-0.4, -0.2) is 25.7 Å². The lowest BCUT2D eigenvalue weighted by atomic mass is 10.1. The number of hydrogen-bond acceptors (Lipinski definition) is 7. The number of aryl methyl sites for hydroxylation is 1. The Bertz CT molecular complexity index is 1610. The third kappa shape index (κ3) is 3.45. The molecule has 9 nitrogen and oxygen atoms in total. The van der Waals surface area contributed by atoms with Gasteiger partial charge in [0.05, 0.1) is 10.9 Å². The summed E-state index contributed by atoms with van der Waals surface area (Å²) in [5, 5.41) is 6.27. The van der Waals surface area contributed by atoms with E-state index < -0.39 is 17.2 Å². The van der Waals surface area contributed by atoms with Gasteiger partial charge in [0.2, 0.25) is 0 Å². The molecule has 5 rings (SSSR count). The van der Waals surface area contributed by atoms with Crippen LogP contribution in [0.15, 0.2) is 74.9 Å². The van der Waals surface area contributed by atoms with Crippen LogP contribution in [-0.2, 0) is 18.4 Å². The minimum atomic E-state index is -0.678. The number of nitrogens with one attached hydrogen (secondary N) is 1. The summed E-state index contributed by atoms with van der Waals surface area (Å²) in [5.74, 6) is -0.121. The van der Waals surface area contributed by atoms with Crippen LogP contribution in [0.2, 0.25) is 0 Å². The number of nitrogens with zero attached hydrogens (tertiary/aromatic N) is 3. The van der Waals surface area contributed by atoms with E-state index >= 15 is 0 Å². The highest BCUT2D eigenvalue weighted by Crippen LogP contribution is 2.25. The van der Waals surface area contributed by atoms with Crippen molar-refractivity contribution in [2.24, 2.45) is 7.05 Å². The molecule has 0 aliphatic heterocycles. The first-order chi connectivity index (χ1) is 15.5. The summed E-state index contributed by atoms with van der Waals surface area (Å²) in [6.45, 7) is -0.114. The fourth-order valence-electron chi connectivity index (χ4n) is 3.43. The van der Waals surface area contributed by atoms with E-state index in [1.165, 1.54) is 23.9 Å². The number of esters is 1. The van der Waals surface area contributed by atoms with E-state index in [2.05, 4.69) is 15.1 Å².